The van der Waals surface area contributed by atoms with Crippen molar-refractivity contribution in [2.45, 2.75) is 25.2 Å². The molecule has 0 aliphatic heterocycles. The van der Waals surface area contributed by atoms with Crippen molar-refractivity contribution in [3.63, 3.8) is 0 Å². The van der Waals surface area contributed by atoms with E-state index in [1.165, 1.54) is 24.8 Å². The first kappa shape index (κ1) is 7.43. The third-order valence-corrected chi connectivity index (χ3v) is 3.37. The lowest BCUT2D eigenvalue weighted by Gasteiger charge is -1.99. The predicted octanol–water partition coefficient (Wildman–Crippen LogP) is 2.91. The second kappa shape index (κ2) is 2.50. The predicted molar refractivity (Wildman–Crippen MR) is 51.7 cm³/mol. The van der Waals surface area contributed by atoms with E-state index in [9.17, 15) is 5.11 Å². The number of rotatable bonds is 2. The van der Waals surface area contributed by atoms with Gasteiger partial charge in [0.1, 0.15) is 5.75 Å². The summed E-state index contributed by atoms with van der Waals surface area (Å²) in [6, 6.07) is 7.77. The van der Waals surface area contributed by atoms with Crippen LogP contribution in [-0.4, -0.2) is 5.11 Å². The molecule has 68 valence electrons. The highest BCUT2D eigenvalue weighted by Gasteiger charge is 2.47. The largest absolute Gasteiger partial charge is 0.508 e. The summed E-state index contributed by atoms with van der Waals surface area (Å²) in [5.74, 6) is 3.15. The molecular formula is C12H14O. The number of hydrogen-bond donors (Lipinski definition) is 1. The van der Waals surface area contributed by atoms with E-state index in [2.05, 4.69) is 6.07 Å². The summed E-state index contributed by atoms with van der Waals surface area (Å²) >= 11 is 0. The molecule has 1 aromatic rings. The zero-order chi connectivity index (χ0) is 8.84. The molecule has 2 aliphatic carbocycles. The molecule has 0 aromatic heterocycles. The van der Waals surface area contributed by atoms with Crippen molar-refractivity contribution in [3.8, 4) is 5.75 Å². The highest BCUT2D eigenvalue weighted by atomic mass is 16.3. The lowest BCUT2D eigenvalue weighted by molar-refractivity contribution is 0.474. The molecule has 0 saturated heterocycles. The van der Waals surface area contributed by atoms with Gasteiger partial charge in [0.2, 0.25) is 0 Å². The van der Waals surface area contributed by atoms with Crippen LogP contribution in [0.2, 0.25) is 0 Å². The standard InChI is InChI=1S/C12H14O/c13-10-3-1-2-9(6-10)12-7-11(12)8-4-5-8/h1-3,6,8,11-13H,4-5,7H2/t11-,12+/m0/s1. The second-order valence-corrected chi connectivity index (χ2v) is 4.44. The molecule has 1 heteroatoms. The van der Waals surface area contributed by atoms with E-state index in [1.807, 2.05) is 12.1 Å². The molecule has 2 aliphatic rings. The van der Waals surface area contributed by atoms with E-state index in [0.29, 0.717) is 5.75 Å². The van der Waals surface area contributed by atoms with Gasteiger partial charge in [-0.3, -0.25) is 0 Å². The minimum Gasteiger partial charge on any atom is -0.508 e. The van der Waals surface area contributed by atoms with Gasteiger partial charge in [-0.25, -0.2) is 0 Å². The molecule has 0 radical (unpaired) electrons. The van der Waals surface area contributed by atoms with Crippen LogP contribution in [-0.2, 0) is 0 Å². The van der Waals surface area contributed by atoms with Gasteiger partial charge in [0.15, 0.2) is 0 Å². The Balaban J connectivity index is 1.78. The van der Waals surface area contributed by atoms with Crippen molar-refractivity contribution in [1.29, 1.82) is 0 Å². The van der Waals surface area contributed by atoms with E-state index in [0.717, 1.165) is 17.8 Å². The Bertz CT molecular complexity index is 328. The Morgan fingerprint density at radius 2 is 2.08 bits per heavy atom. The smallest absolute Gasteiger partial charge is 0.115 e. The van der Waals surface area contributed by atoms with Crippen LogP contribution in [0.3, 0.4) is 0 Å². The quantitative estimate of drug-likeness (QED) is 0.731. The summed E-state index contributed by atoms with van der Waals surface area (Å²) in [5, 5.41) is 9.33. The van der Waals surface area contributed by atoms with Crippen LogP contribution in [0.15, 0.2) is 24.3 Å². The summed E-state index contributed by atoms with van der Waals surface area (Å²) in [5.41, 5.74) is 1.34. The fraction of sp³-hybridized carbons (Fsp3) is 0.500. The molecule has 13 heavy (non-hydrogen) atoms. The first-order valence-electron chi connectivity index (χ1n) is 5.13. The maximum absolute atomic E-state index is 9.33. The first-order chi connectivity index (χ1) is 6.34. The Morgan fingerprint density at radius 3 is 2.77 bits per heavy atom. The number of aromatic hydroxyl groups is 1. The zero-order valence-electron chi connectivity index (χ0n) is 7.61. The highest BCUT2D eigenvalue weighted by molar-refractivity contribution is 5.33. The van der Waals surface area contributed by atoms with Crippen LogP contribution in [0.4, 0.5) is 0 Å². The van der Waals surface area contributed by atoms with Crippen molar-refractivity contribution in [1.82, 2.24) is 0 Å². The van der Waals surface area contributed by atoms with Gasteiger partial charge in [-0.05, 0) is 54.7 Å². The Labute approximate surface area is 78.4 Å². The molecule has 2 atom stereocenters. The Kier molecular flexibility index (Phi) is 1.43. The lowest BCUT2D eigenvalue weighted by atomic mass is 10.1. The minimum atomic E-state index is 0.416. The van der Waals surface area contributed by atoms with E-state index in [4.69, 9.17) is 0 Å². The van der Waals surface area contributed by atoms with Gasteiger partial charge < -0.3 is 5.11 Å². The molecule has 2 fully saturated rings. The van der Waals surface area contributed by atoms with Crippen LogP contribution in [0.1, 0.15) is 30.7 Å². The van der Waals surface area contributed by atoms with Crippen LogP contribution < -0.4 is 0 Å². The van der Waals surface area contributed by atoms with Crippen LogP contribution >= 0.6 is 0 Å². The minimum absolute atomic E-state index is 0.416. The lowest BCUT2D eigenvalue weighted by Crippen LogP contribution is -1.84. The molecule has 0 heterocycles. The Morgan fingerprint density at radius 1 is 1.23 bits per heavy atom. The Hall–Kier alpha value is -0.980. The molecule has 2 saturated carbocycles. The number of hydrogen-bond acceptors (Lipinski definition) is 1. The third-order valence-electron chi connectivity index (χ3n) is 3.37. The normalized spacial score (nSPS) is 31.7. The number of phenolic OH excluding ortho intramolecular Hbond substituents is 1. The highest BCUT2D eigenvalue weighted by Crippen LogP contribution is 2.59. The van der Waals surface area contributed by atoms with Crippen molar-refractivity contribution >= 4 is 0 Å². The zero-order valence-corrected chi connectivity index (χ0v) is 7.61. The average molecular weight is 174 g/mol. The SMILES string of the molecule is Oc1cccc([C@H]2C[C@H]2C2CC2)c1. The van der Waals surface area contributed by atoms with Crippen LogP contribution in [0.5, 0.6) is 5.75 Å². The van der Waals surface area contributed by atoms with Gasteiger partial charge in [0, 0.05) is 0 Å². The van der Waals surface area contributed by atoms with E-state index < -0.39 is 0 Å². The van der Waals surface area contributed by atoms with Crippen molar-refractivity contribution in [2.24, 2.45) is 11.8 Å². The van der Waals surface area contributed by atoms with E-state index in [-0.39, 0.29) is 0 Å². The first-order valence-corrected chi connectivity index (χ1v) is 5.13. The van der Waals surface area contributed by atoms with Gasteiger partial charge in [0.05, 0.1) is 0 Å². The molecule has 0 spiro atoms. The summed E-state index contributed by atoms with van der Waals surface area (Å²) in [6.45, 7) is 0. The molecule has 0 bridgehead atoms. The average Bonchev–Trinajstić information content (AvgIpc) is 2.99. The molecule has 3 rings (SSSR count). The monoisotopic (exact) mass is 174 g/mol. The maximum atomic E-state index is 9.33. The van der Waals surface area contributed by atoms with Gasteiger partial charge in [-0.15, -0.1) is 0 Å². The summed E-state index contributed by atoms with van der Waals surface area (Å²) in [4.78, 5) is 0. The summed E-state index contributed by atoms with van der Waals surface area (Å²) in [7, 11) is 0. The van der Waals surface area contributed by atoms with E-state index in [1.54, 1.807) is 6.07 Å². The fourth-order valence-electron chi connectivity index (χ4n) is 2.40. The van der Waals surface area contributed by atoms with Gasteiger partial charge in [0.25, 0.3) is 0 Å². The molecule has 0 amide bonds. The molecule has 0 unspecified atom stereocenters. The second-order valence-electron chi connectivity index (χ2n) is 4.44. The maximum Gasteiger partial charge on any atom is 0.115 e. The van der Waals surface area contributed by atoms with Crippen molar-refractivity contribution < 1.29 is 5.11 Å². The van der Waals surface area contributed by atoms with Gasteiger partial charge in [-0.1, -0.05) is 12.1 Å². The van der Waals surface area contributed by atoms with Crippen molar-refractivity contribution in [3.05, 3.63) is 29.8 Å². The molecule has 1 aromatic carbocycles. The molecular weight excluding hydrogens is 160 g/mol. The van der Waals surface area contributed by atoms with Crippen molar-refractivity contribution in [2.75, 3.05) is 0 Å². The van der Waals surface area contributed by atoms with Gasteiger partial charge in [-0.2, -0.15) is 0 Å². The van der Waals surface area contributed by atoms with Crippen LogP contribution in [0, 0.1) is 11.8 Å². The molecule has 1 nitrogen and oxygen atoms in total. The fourth-order valence-corrected chi connectivity index (χ4v) is 2.40. The summed E-state index contributed by atoms with van der Waals surface area (Å²) < 4.78 is 0. The summed E-state index contributed by atoms with van der Waals surface area (Å²) in [6.07, 6.45) is 4.24. The topological polar surface area (TPSA) is 20.2 Å². The van der Waals surface area contributed by atoms with Gasteiger partial charge >= 0.3 is 0 Å². The molecule has 1 N–H and O–H groups in total. The van der Waals surface area contributed by atoms with Crippen LogP contribution in [0.25, 0.3) is 0 Å². The van der Waals surface area contributed by atoms with E-state index >= 15 is 0 Å². The number of benzene rings is 1. The third kappa shape index (κ3) is 1.32. The number of phenols is 1.